The first-order chi connectivity index (χ1) is 15.3. The minimum atomic E-state index is -1.41. The molecule has 0 aliphatic carbocycles. The number of nitrogens with one attached hydrogen (secondary N) is 3. The highest BCUT2D eigenvalue weighted by molar-refractivity contribution is 8.01. The minimum absolute atomic E-state index is 0.168. The molecule has 3 rings (SSSR count). The number of hydroxylamine groups is 1. The van der Waals surface area contributed by atoms with Crippen molar-refractivity contribution in [2.75, 3.05) is 5.75 Å². The zero-order valence-corrected chi connectivity index (χ0v) is 19.7. The monoisotopic (exact) mass is 469 g/mol. The number of fused-ring (bicyclic) bond motifs is 2. The van der Waals surface area contributed by atoms with E-state index in [4.69, 9.17) is 4.84 Å². The predicted molar refractivity (Wildman–Crippen MR) is 120 cm³/mol. The van der Waals surface area contributed by atoms with E-state index >= 15 is 0 Å². The Morgan fingerprint density at radius 2 is 1.94 bits per heavy atom. The maximum atomic E-state index is 14.2. The lowest BCUT2D eigenvalue weighted by molar-refractivity contribution is -0.164. The lowest BCUT2D eigenvalue weighted by Crippen LogP contribution is -2.72. The standard InChI is InChI=1S/C22H35N3O6S/c1-3-5-9-14(19(28)29)18(27)21(11-6-4-2)22(12-8-7-10-16(26)31-25-21)17-15(13-32-22)23-20(30)24-17/h14-15,17,25H,3-13H2,1-2H3,(H,28,29)(H2,23,24,30)/t14?,15-,17-,21?,22-/m1/s1. The Labute approximate surface area is 193 Å². The molecule has 2 amide bonds. The molecule has 10 heteroatoms. The van der Waals surface area contributed by atoms with Crippen LogP contribution in [0.3, 0.4) is 0 Å². The number of carboxylic acid groups (broad SMARTS) is 1. The van der Waals surface area contributed by atoms with Gasteiger partial charge in [-0.25, -0.2) is 4.79 Å². The topological polar surface area (TPSA) is 134 Å². The first-order valence-corrected chi connectivity index (χ1v) is 12.7. The molecule has 4 N–H and O–H groups in total. The van der Waals surface area contributed by atoms with Gasteiger partial charge in [0.1, 0.15) is 11.5 Å². The van der Waals surface area contributed by atoms with Crippen molar-refractivity contribution in [2.45, 2.75) is 100 Å². The number of carbonyl (C=O) groups is 4. The molecule has 180 valence electrons. The number of carboxylic acids is 1. The molecule has 0 radical (unpaired) electrons. The Balaban J connectivity index is 2.14. The number of thioether (sulfide) groups is 1. The van der Waals surface area contributed by atoms with Gasteiger partial charge in [-0.2, -0.15) is 0 Å². The average molecular weight is 470 g/mol. The molecule has 3 aliphatic heterocycles. The minimum Gasteiger partial charge on any atom is -0.481 e. The summed E-state index contributed by atoms with van der Waals surface area (Å²) in [5.74, 6) is -2.66. The zero-order chi connectivity index (χ0) is 23.4. The second kappa shape index (κ2) is 10.4. The van der Waals surface area contributed by atoms with Crippen LogP contribution < -0.4 is 16.1 Å². The molecule has 5 atom stereocenters. The van der Waals surface area contributed by atoms with Crippen molar-refractivity contribution in [1.82, 2.24) is 16.1 Å². The highest BCUT2D eigenvalue weighted by Crippen LogP contribution is 2.54. The third-order valence-electron chi connectivity index (χ3n) is 7.06. The number of carbonyl (C=O) groups excluding carboxylic acids is 3. The molecule has 1 spiro atoms. The highest BCUT2D eigenvalue weighted by atomic mass is 32.2. The molecule has 3 fully saturated rings. The van der Waals surface area contributed by atoms with Gasteiger partial charge >= 0.3 is 18.0 Å². The molecule has 2 unspecified atom stereocenters. The second-order valence-corrected chi connectivity index (χ2v) is 10.4. The summed E-state index contributed by atoms with van der Waals surface area (Å²) in [6.45, 7) is 3.95. The lowest BCUT2D eigenvalue weighted by Gasteiger charge is -2.50. The van der Waals surface area contributed by atoms with Crippen LogP contribution in [0.2, 0.25) is 0 Å². The summed E-state index contributed by atoms with van der Waals surface area (Å²) in [5, 5.41) is 15.9. The number of urea groups is 1. The van der Waals surface area contributed by atoms with Gasteiger partial charge in [-0.3, -0.25) is 14.4 Å². The number of unbranched alkanes of at least 4 members (excludes halogenated alkanes) is 2. The Morgan fingerprint density at radius 1 is 1.19 bits per heavy atom. The van der Waals surface area contributed by atoms with E-state index in [1.54, 1.807) is 11.8 Å². The van der Waals surface area contributed by atoms with Gasteiger partial charge in [0.25, 0.3) is 0 Å². The van der Waals surface area contributed by atoms with Gasteiger partial charge in [0.2, 0.25) is 0 Å². The number of Topliss-reactive ketones (excluding diaryl/α,β-unsaturated/α-hetero) is 1. The SMILES string of the molecule is CCCCC(C(=O)O)C(=O)C1(CCCC)NOC(=O)CCCC[C@]12SC[C@H]1NC(=O)N[C@H]12. The molecular formula is C22H35N3O6S. The van der Waals surface area contributed by atoms with Gasteiger partial charge in [0, 0.05) is 12.2 Å². The first kappa shape index (κ1) is 24.8. The number of aliphatic carboxylic acids is 1. The quantitative estimate of drug-likeness (QED) is 0.299. The summed E-state index contributed by atoms with van der Waals surface area (Å²) in [6.07, 6.45) is 5.46. The van der Waals surface area contributed by atoms with Crippen LogP contribution >= 0.6 is 11.8 Å². The molecule has 32 heavy (non-hydrogen) atoms. The van der Waals surface area contributed by atoms with E-state index in [0.29, 0.717) is 44.3 Å². The highest BCUT2D eigenvalue weighted by Gasteiger charge is 2.67. The van der Waals surface area contributed by atoms with Gasteiger partial charge in [-0.05, 0) is 25.7 Å². The summed E-state index contributed by atoms with van der Waals surface area (Å²) in [6, 6.07) is -0.821. The van der Waals surface area contributed by atoms with E-state index in [1.165, 1.54) is 0 Å². The molecule has 0 aromatic heterocycles. The first-order valence-electron chi connectivity index (χ1n) is 11.8. The van der Waals surface area contributed by atoms with Gasteiger partial charge in [-0.15, -0.1) is 17.2 Å². The molecule has 3 heterocycles. The largest absolute Gasteiger partial charge is 0.481 e. The van der Waals surface area contributed by atoms with E-state index in [9.17, 15) is 24.3 Å². The molecule has 9 nitrogen and oxygen atoms in total. The van der Waals surface area contributed by atoms with E-state index in [2.05, 4.69) is 16.1 Å². The fourth-order valence-electron chi connectivity index (χ4n) is 5.37. The van der Waals surface area contributed by atoms with Crippen LogP contribution in [0.25, 0.3) is 0 Å². The Morgan fingerprint density at radius 3 is 2.62 bits per heavy atom. The van der Waals surface area contributed by atoms with Crippen LogP contribution in [0.15, 0.2) is 0 Å². The summed E-state index contributed by atoms with van der Waals surface area (Å²) >= 11 is 1.59. The number of ketones is 1. The van der Waals surface area contributed by atoms with Crippen molar-refractivity contribution in [2.24, 2.45) is 5.92 Å². The summed E-state index contributed by atoms with van der Waals surface area (Å²) in [5.41, 5.74) is 1.46. The van der Waals surface area contributed by atoms with Crippen molar-refractivity contribution < 1.29 is 29.1 Å². The van der Waals surface area contributed by atoms with Crippen LogP contribution in [0, 0.1) is 5.92 Å². The van der Waals surface area contributed by atoms with Gasteiger partial charge < -0.3 is 20.6 Å². The Kier molecular flexibility index (Phi) is 8.08. The fraction of sp³-hybridized carbons (Fsp3) is 0.818. The molecule has 3 aliphatic rings. The average Bonchev–Trinajstić information content (AvgIpc) is 3.31. The molecule has 0 aromatic rings. The molecule has 3 saturated heterocycles. The zero-order valence-electron chi connectivity index (χ0n) is 18.9. The summed E-state index contributed by atoms with van der Waals surface area (Å²) in [4.78, 5) is 56.4. The maximum absolute atomic E-state index is 14.2. The molecular weight excluding hydrogens is 434 g/mol. The third-order valence-corrected chi connectivity index (χ3v) is 8.90. The summed E-state index contributed by atoms with van der Waals surface area (Å²) in [7, 11) is 0. The van der Waals surface area contributed by atoms with Gasteiger partial charge in [0.15, 0.2) is 5.78 Å². The van der Waals surface area contributed by atoms with Crippen LogP contribution in [0.5, 0.6) is 0 Å². The maximum Gasteiger partial charge on any atom is 0.324 e. The van der Waals surface area contributed by atoms with Crippen molar-refractivity contribution in [1.29, 1.82) is 0 Å². The number of amides is 2. The Bertz CT molecular complexity index is 749. The third kappa shape index (κ3) is 4.48. The fourth-order valence-corrected chi connectivity index (χ4v) is 7.30. The molecule has 0 aromatic carbocycles. The van der Waals surface area contributed by atoms with Crippen molar-refractivity contribution in [3.63, 3.8) is 0 Å². The summed E-state index contributed by atoms with van der Waals surface area (Å²) < 4.78 is -0.826. The molecule has 0 saturated carbocycles. The van der Waals surface area contributed by atoms with E-state index < -0.39 is 33.9 Å². The number of rotatable bonds is 9. The van der Waals surface area contributed by atoms with E-state index in [-0.39, 0.29) is 31.0 Å². The van der Waals surface area contributed by atoms with Crippen molar-refractivity contribution in [3.8, 4) is 0 Å². The van der Waals surface area contributed by atoms with Crippen LogP contribution in [0.1, 0.15) is 78.1 Å². The number of hydrogen-bond acceptors (Lipinski definition) is 7. The van der Waals surface area contributed by atoms with E-state index in [0.717, 1.165) is 12.8 Å². The smallest absolute Gasteiger partial charge is 0.324 e. The normalized spacial score (nSPS) is 33.3. The van der Waals surface area contributed by atoms with Gasteiger partial charge in [0.05, 0.1) is 16.8 Å². The van der Waals surface area contributed by atoms with Crippen molar-refractivity contribution >= 4 is 35.5 Å². The predicted octanol–water partition coefficient (Wildman–Crippen LogP) is 2.53. The van der Waals surface area contributed by atoms with Gasteiger partial charge in [-0.1, -0.05) is 46.0 Å². The Hall–Kier alpha value is -1.81. The second-order valence-electron chi connectivity index (χ2n) is 9.09. The lowest BCUT2D eigenvalue weighted by atomic mass is 9.66. The van der Waals surface area contributed by atoms with Crippen LogP contribution in [-0.4, -0.2) is 57.0 Å². The van der Waals surface area contributed by atoms with E-state index in [1.807, 2.05) is 13.8 Å². The number of hydrogen-bond donors (Lipinski definition) is 4. The van der Waals surface area contributed by atoms with Crippen LogP contribution in [0.4, 0.5) is 4.79 Å². The van der Waals surface area contributed by atoms with Crippen LogP contribution in [-0.2, 0) is 19.2 Å². The molecule has 0 bridgehead atoms. The van der Waals surface area contributed by atoms with Crippen molar-refractivity contribution in [3.05, 3.63) is 0 Å².